The van der Waals surface area contributed by atoms with Crippen LogP contribution in [0.4, 0.5) is 0 Å². The second kappa shape index (κ2) is 2.35. The van der Waals surface area contributed by atoms with Crippen LogP contribution in [0.15, 0.2) is 0 Å². The Morgan fingerprint density at radius 2 is 2.56 bits per heavy atom. The van der Waals surface area contributed by atoms with Crippen molar-refractivity contribution in [3.05, 3.63) is 0 Å². The maximum atomic E-state index is 10.6. The van der Waals surface area contributed by atoms with Crippen molar-refractivity contribution in [3.63, 3.8) is 0 Å². The van der Waals surface area contributed by atoms with E-state index in [1.54, 1.807) is 0 Å². The molecular weight excluding hydrogens is 120 g/mol. The van der Waals surface area contributed by atoms with Crippen molar-refractivity contribution in [2.75, 3.05) is 13.7 Å². The Morgan fingerprint density at radius 1 is 1.89 bits per heavy atom. The third-order valence-corrected chi connectivity index (χ3v) is 1.66. The van der Waals surface area contributed by atoms with E-state index in [1.165, 1.54) is 7.11 Å². The van der Waals surface area contributed by atoms with Gasteiger partial charge in [-0.15, -0.1) is 0 Å². The molecule has 0 aromatic rings. The fourth-order valence-corrected chi connectivity index (χ4v) is 0.889. The highest BCUT2D eigenvalue weighted by Gasteiger charge is 2.43. The molecule has 0 bridgehead atoms. The lowest BCUT2D eigenvalue weighted by Gasteiger charge is -1.93. The smallest absolute Gasteiger partial charge is 0.309 e. The van der Waals surface area contributed by atoms with Crippen LogP contribution in [-0.4, -0.2) is 24.8 Å². The van der Waals surface area contributed by atoms with Crippen LogP contribution in [0.2, 0.25) is 0 Å². The third kappa shape index (κ3) is 1.21. The molecule has 0 radical (unpaired) electrons. The number of rotatable bonds is 2. The summed E-state index contributed by atoms with van der Waals surface area (Å²) in [7, 11) is 1.37. The predicted molar refractivity (Wildman–Crippen MR) is 30.7 cm³/mol. The van der Waals surface area contributed by atoms with Gasteiger partial charge in [-0.25, -0.2) is 0 Å². The molecule has 0 aromatic heterocycles. The van der Waals surface area contributed by atoms with E-state index in [9.17, 15) is 4.79 Å². The second-order valence-electron chi connectivity index (χ2n) is 2.31. The number of methoxy groups -OCH3 is 1. The first-order chi connectivity index (χ1) is 4.29. The Bertz CT molecular complexity index is 121. The molecule has 0 saturated heterocycles. The molecule has 3 heteroatoms. The molecule has 0 amide bonds. The highest BCUT2D eigenvalue weighted by molar-refractivity contribution is 5.75. The zero-order chi connectivity index (χ0) is 6.85. The molecule has 1 fully saturated rings. The average Bonchev–Trinajstić information content (AvgIpc) is 2.64. The first kappa shape index (κ1) is 6.55. The normalized spacial score (nSPS) is 31.8. The summed E-state index contributed by atoms with van der Waals surface area (Å²) in [4.78, 5) is 10.6. The van der Waals surface area contributed by atoms with Gasteiger partial charge in [0.05, 0.1) is 13.0 Å². The largest absolute Gasteiger partial charge is 0.469 e. The van der Waals surface area contributed by atoms with Gasteiger partial charge in [-0.05, 0) is 12.3 Å². The average molecular weight is 130 g/mol. The fourth-order valence-electron chi connectivity index (χ4n) is 0.889. The van der Waals surface area contributed by atoms with Crippen molar-refractivity contribution in [2.24, 2.45) is 11.8 Å². The molecule has 2 atom stereocenters. The van der Waals surface area contributed by atoms with Gasteiger partial charge in [0.1, 0.15) is 0 Å². The number of ether oxygens (including phenoxy) is 1. The standard InChI is InChI=1S/C6H10O3/c1-9-6(8)5-2-4(5)3-7/h4-5,7H,2-3H2,1H3/t4-,5-/m0/s1. The summed E-state index contributed by atoms with van der Waals surface area (Å²) in [5.74, 6) is -0.0218. The number of hydrogen-bond acceptors (Lipinski definition) is 3. The van der Waals surface area contributed by atoms with Crippen LogP contribution in [0.5, 0.6) is 0 Å². The number of carbonyl (C=O) groups excluding carboxylic acids is 1. The van der Waals surface area contributed by atoms with Gasteiger partial charge in [-0.3, -0.25) is 4.79 Å². The van der Waals surface area contributed by atoms with Crippen molar-refractivity contribution in [1.29, 1.82) is 0 Å². The van der Waals surface area contributed by atoms with E-state index in [0.717, 1.165) is 6.42 Å². The summed E-state index contributed by atoms with van der Waals surface area (Å²) in [6, 6.07) is 0. The molecule has 0 aliphatic heterocycles. The Kier molecular flexibility index (Phi) is 1.71. The number of esters is 1. The highest BCUT2D eigenvalue weighted by atomic mass is 16.5. The summed E-state index contributed by atoms with van der Waals surface area (Å²) >= 11 is 0. The fraction of sp³-hybridized carbons (Fsp3) is 0.833. The Morgan fingerprint density at radius 3 is 2.89 bits per heavy atom. The van der Waals surface area contributed by atoms with E-state index >= 15 is 0 Å². The molecule has 1 N–H and O–H groups in total. The van der Waals surface area contributed by atoms with Crippen LogP contribution in [0.25, 0.3) is 0 Å². The summed E-state index contributed by atoms with van der Waals surface area (Å²) in [5.41, 5.74) is 0. The molecule has 1 aliphatic rings. The number of aliphatic hydroxyl groups excluding tert-OH is 1. The van der Waals surface area contributed by atoms with E-state index in [0.29, 0.717) is 0 Å². The van der Waals surface area contributed by atoms with E-state index in [1.807, 2.05) is 0 Å². The number of hydrogen-bond donors (Lipinski definition) is 1. The van der Waals surface area contributed by atoms with Crippen LogP contribution >= 0.6 is 0 Å². The Hall–Kier alpha value is -0.570. The minimum absolute atomic E-state index is 0.0139. The van der Waals surface area contributed by atoms with Crippen molar-refractivity contribution in [1.82, 2.24) is 0 Å². The van der Waals surface area contributed by atoms with Gasteiger partial charge in [0.15, 0.2) is 0 Å². The topological polar surface area (TPSA) is 46.5 Å². The van der Waals surface area contributed by atoms with Gasteiger partial charge in [-0.2, -0.15) is 0 Å². The molecule has 1 saturated carbocycles. The van der Waals surface area contributed by atoms with Crippen LogP contribution in [0.1, 0.15) is 6.42 Å². The number of carbonyl (C=O) groups is 1. The Labute approximate surface area is 53.6 Å². The molecule has 9 heavy (non-hydrogen) atoms. The molecule has 0 unspecified atom stereocenters. The van der Waals surface area contributed by atoms with Crippen LogP contribution in [-0.2, 0) is 9.53 Å². The second-order valence-corrected chi connectivity index (χ2v) is 2.31. The first-order valence-electron chi connectivity index (χ1n) is 2.98. The monoisotopic (exact) mass is 130 g/mol. The molecule has 0 aromatic carbocycles. The van der Waals surface area contributed by atoms with E-state index < -0.39 is 0 Å². The van der Waals surface area contributed by atoms with E-state index in [4.69, 9.17) is 5.11 Å². The summed E-state index contributed by atoms with van der Waals surface area (Å²) in [5, 5.41) is 8.51. The van der Waals surface area contributed by atoms with Crippen LogP contribution in [0, 0.1) is 11.8 Å². The van der Waals surface area contributed by atoms with Crippen LogP contribution in [0.3, 0.4) is 0 Å². The summed E-state index contributed by atoms with van der Waals surface area (Å²) in [6.07, 6.45) is 0.795. The quantitative estimate of drug-likeness (QED) is 0.526. The van der Waals surface area contributed by atoms with Crippen LogP contribution < -0.4 is 0 Å². The molecule has 52 valence electrons. The lowest BCUT2D eigenvalue weighted by Crippen LogP contribution is -2.05. The first-order valence-corrected chi connectivity index (χ1v) is 2.98. The zero-order valence-corrected chi connectivity index (χ0v) is 5.33. The van der Waals surface area contributed by atoms with Crippen molar-refractivity contribution in [3.8, 4) is 0 Å². The Balaban J connectivity index is 2.25. The molecule has 0 heterocycles. The molecule has 0 spiro atoms. The van der Waals surface area contributed by atoms with Gasteiger partial charge in [0.25, 0.3) is 0 Å². The third-order valence-electron chi connectivity index (χ3n) is 1.66. The lowest BCUT2D eigenvalue weighted by molar-refractivity contribution is -0.142. The summed E-state index contributed by atoms with van der Waals surface area (Å²) in [6.45, 7) is 0.111. The lowest BCUT2D eigenvalue weighted by atomic mass is 10.3. The van der Waals surface area contributed by atoms with Gasteiger partial charge >= 0.3 is 5.97 Å². The van der Waals surface area contributed by atoms with Crippen molar-refractivity contribution in [2.45, 2.75) is 6.42 Å². The molecular formula is C6H10O3. The SMILES string of the molecule is COC(=O)[C@H]1C[C@H]1CO. The zero-order valence-electron chi connectivity index (χ0n) is 5.33. The summed E-state index contributed by atoms with van der Waals surface area (Å²) < 4.78 is 4.46. The van der Waals surface area contributed by atoms with Crippen molar-refractivity contribution < 1.29 is 14.6 Å². The molecule has 1 rings (SSSR count). The van der Waals surface area contributed by atoms with Gasteiger partial charge in [0, 0.05) is 6.61 Å². The molecule has 1 aliphatic carbocycles. The number of aliphatic hydroxyl groups is 1. The maximum absolute atomic E-state index is 10.6. The van der Waals surface area contributed by atoms with Gasteiger partial charge in [-0.1, -0.05) is 0 Å². The van der Waals surface area contributed by atoms with Crippen molar-refractivity contribution >= 4 is 5.97 Å². The van der Waals surface area contributed by atoms with Gasteiger partial charge < -0.3 is 9.84 Å². The minimum atomic E-state index is -0.186. The molecule has 3 nitrogen and oxygen atoms in total. The van der Waals surface area contributed by atoms with Gasteiger partial charge in [0.2, 0.25) is 0 Å². The van der Waals surface area contributed by atoms with E-state index in [-0.39, 0.29) is 24.4 Å². The minimum Gasteiger partial charge on any atom is -0.469 e. The maximum Gasteiger partial charge on any atom is 0.309 e. The van der Waals surface area contributed by atoms with E-state index in [2.05, 4.69) is 4.74 Å². The predicted octanol–water partition coefficient (Wildman–Crippen LogP) is -0.212. The highest BCUT2D eigenvalue weighted by Crippen LogP contribution is 2.38.